The first-order valence-corrected chi connectivity index (χ1v) is 7.64. The molecule has 0 aliphatic carbocycles. The van der Waals surface area contributed by atoms with Crippen molar-refractivity contribution in [3.05, 3.63) is 23.2 Å². The topological polar surface area (TPSA) is 78.6 Å². The average Bonchev–Trinajstić information content (AvgIpc) is 2.49. The lowest BCUT2D eigenvalue weighted by Crippen LogP contribution is -2.36. The number of nitrogens with zero attached hydrogens (tertiary/aromatic N) is 1. The van der Waals surface area contributed by atoms with Crippen molar-refractivity contribution in [2.45, 2.75) is 19.3 Å². The lowest BCUT2D eigenvalue weighted by molar-refractivity contribution is -0.116. The van der Waals surface area contributed by atoms with Gasteiger partial charge in [0.2, 0.25) is 5.91 Å². The third-order valence-electron chi connectivity index (χ3n) is 3.91. The van der Waals surface area contributed by atoms with Gasteiger partial charge in [0.25, 0.3) is 0 Å². The predicted octanol–water partition coefficient (Wildman–Crippen LogP) is 1.96. The van der Waals surface area contributed by atoms with Crippen molar-refractivity contribution in [3.8, 4) is 0 Å². The van der Waals surface area contributed by atoms with Gasteiger partial charge in [0.05, 0.1) is 11.4 Å². The van der Waals surface area contributed by atoms with Crippen molar-refractivity contribution in [1.82, 2.24) is 4.90 Å². The summed E-state index contributed by atoms with van der Waals surface area (Å²) in [6.07, 6.45) is 2.43. The van der Waals surface area contributed by atoms with Crippen LogP contribution in [-0.2, 0) is 4.79 Å². The van der Waals surface area contributed by atoms with Gasteiger partial charge in [-0.3, -0.25) is 4.79 Å². The van der Waals surface area contributed by atoms with E-state index in [9.17, 15) is 4.79 Å². The summed E-state index contributed by atoms with van der Waals surface area (Å²) in [4.78, 5) is 14.2. The summed E-state index contributed by atoms with van der Waals surface area (Å²) in [5.41, 5.74) is 6.87. The fourth-order valence-electron chi connectivity index (χ4n) is 2.50. The second-order valence-corrected chi connectivity index (χ2v) is 5.93. The van der Waals surface area contributed by atoms with Gasteiger partial charge in [-0.25, -0.2) is 0 Å². The zero-order valence-corrected chi connectivity index (χ0v) is 12.8. The van der Waals surface area contributed by atoms with Crippen LogP contribution in [0, 0.1) is 5.92 Å². The second kappa shape index (κ2) is 7.64. The zero-order chi connectivity index (χ0) is 15.2. The number of nitrogens with one attached hydrogen (secondary N) is 1. The van der Waals surface area contributed by atoms with Crippen molar-refractivity contribution in [2.75, 3.05) is 37.3 Å². The molecule has 21 heavy (non-hydrogen) atoms. The number of nitrogens with two attached hydrogens (primary N) is 1. The molecule has 0 bridgehead atoms. The van der Waals surface area contributed by atoms with E-state index in [4.69, 9.17) is 22.4 Å². The molecule has 1 aromatic carbocycles. The van der Waals surface area contributed by atoms with E-state index in [1.165, 1.54) is 0 Å². The standard InChI is InChI=1S/C15H22ClN3O2/c16-12-1-2-13(17)14(9-12)18-15(21)5-8-19-6-3-11(10-20)4-7-19/h1-2,9,11,20H,3-8,10,17H2,(H,18,21). The van der Waals surface area contributed by atoms with Crippen LogP contribution in [0.2, 0.25) is 5.02 Å². The second-order valence-electron chi connectivity index (χ2n) is 5.50. The maximum atomic E-state index is 12.0. The molecule has 1 saturated heterocycles. The minimum atomic E-state index is -0.0618. The Morgan fingerprint density at radius 3 is 2.81 bits per heavy atom. The number of piperidine rings is 1. The molecule has 4 N–H and O–H groups in total. The minimum absolute atomic E-state index is 0.0618. The molecule has 116 valence electrons. The molecule has 0 spiro atoms. The molecule has 5 nitrogen and oxygen atoms in total. The molecule has 0 atom stereocenters. The van der Waals surface area contributed by atoms with Gasteiger partial charge in [0, 0.05) is 24.6 Å². The first-order chi connectivity index (χ1) is 10.1. The molecule has 1 amide bonds. The number of rotatable bonds is 5. The average molecular weight is 312 g/mol. The molecule has 1 aliphatic rings. The third-order valence-corrected chi connectivity index (χ3v) is 4.14. The summed E-state index contributed by atoms with van der Waals surface area (Å²) in [6.45, 7) is 2.88. The van der Waals surface area contributed by atoms with Gasteiger partial charge in [-0.15, -0.1) is 0 Å². The zero-order valence-electron chi connectivity index (χ0n) is 12.0. The maximum Gasteiger partial charge on any atom is 0.225 e. The van der Waals surface area contributed by atoms with E-state index < -0.39 is 0 Å². The highest BCUT2D eigenvalue weighted by atomic mass is 35.5. The van der Waals surface area contributed by atoms with E-state index in [0.717, 1.165) is 32.5 Å². The van der Waals surface area contributed by atoms with Gasteiger partial charge in [-0.2, -0.15) is 0 Å². The van der Waals surface area contributed by atoms with Crippen LogP contribution in [0.15, 0.2) is 18.2 Å². The van der Waals surface area contributed by atoms with E-state index in [2.05, 4.69) is 10.2 Å². The van der Waals surface area contributed by atoms with Crippen LogP contribution in [0.5, 0.6) is 0 Å². The van der Waals surface area contributed by atoms with Crippen molar-refractivity contribution < 1.29 is 9.90 Å². The molecular weight excluding hydrogens is 290 g/mol. The van der Waals surface area contributed by atoms with Crippen LogP contribution in [0.4, 0.5) is 11.4 Å². The Hall–Kier alpha value is -1.30. The predicted molar refractivity (Wildman–Crippen MR) is 85.4 cm³/mol. The smallest absolute Gasteiger partial charge is 0.225 e. The number of halogens is 1. The largest absolute Gasteiger partial charge is 0.397 e. The minimum Gasteiger partial charge on any atom is -0.397 e. The highest BCUT2D eigenvalue weighted by Crippen LogP contribution is 2.23. The molecule has 0 radical (unpaired) electrons. The molecule has 1 heterocycles. The summed E-state index contributed by atoms with van der Waals surface area (Å²) < 4.78 is 0. The molecule has 6 heteroatoms. The summed E-state index contributed by atoms with van der Waals surface area (Å²) >= 11 is 5.89. The van der Waals surface area contributed by atoms with Crippen LogP contribution >= 0.6 is 11.6 Å². The SMILES string of the molecule is Nc1ccc(Cl)cc1NC(=O)CCN1CCC(CO)CC1. The van der Waals surface area contributed by atoms with Crippen LogP contribution in [-0.4, -0.2) is 42.2 Å². The van der Waals surface area contributed by atoms with E-state index in [1.807, 2.05) is 0 Å². The molecule has 2 rings (SSSR count). The summed E-state index contributed by atoms with van der Waals surface area (Å²) in [5.74, 6) is 0.356. The number of benzene rings is 1. The molecular formula is C15H22ClN3O2. The quantitative estimate of drug-likeness (QED) is 0.726. The first-order valence-electron chi connectivity index (χ1n) is 7.26. The fraction of sp³-hybridized carbons (Fsp3) is 0.533. The number of aliphatic hydroxyl groups is 1. The molecule has 0 saturated carbocycles. The van der Waals surface area contributed by atoms with Gasteiger partial charge in [0.1, 0.15) is 0 Å². The summed E-state index contributed by atoms with van der Waals surface area (Å²) in [7, 11) is 0. The fourth-order valence-corrected chi connectivity index (χ4v) is 2.67. The lowest BCUT2D eigenvalue weighted by atomic mass is 9.98. The molecule has 1 aliphatic heterocycles. The van der Waals surface area contributed by atoms with Crippen LogP contribution in [0.3, 0.4) is 0 Å². The van der Waals surface area contributed by atoms with Gasteiger partial charge < -0.3 is 21.1 Å². The van der Waals surface area contributed by atoms with E-state index in [1.54, 1.807) is 18.2 Å². The van der Waals surface area contributed by atoms with E-state index in [0.29, 0.717) is 28.7 Å². The van der Waals surface area contributed by atoms with E-state index in [-0.39, 0.29) is 12.5 Å². The van der Waals surface area contributed by atoms with Crippen molar-refractivity contribution in [3.63, 3.8) is 0 Å². The number of carbonyl (C=O) groups excluding carboxylic acids is 1. The first kappa shape index (κ1) is 16.1. The number of hydrogen-bond acceptors (Lipinski definition) is 4. The number of amides is 1. The highest BCUT2D eigenvalue weighted by molar-refractivity contribution is 6.31. The molecule has 0 unspecified atom stereocenters. The van der Waals surface area contributed by atoms with Gasteiger partial charge in [-0.05, 0) is 50.0 Å². The van der Waals surface area contributed by atoms with E-state index >= 15 is 0 Å². The Kier molecular flexibility index (Phi) is 5.85. The Balaban J connectivity index is 1.76. The lowest BCUT2D eigenvalue weighted by Gasteiger charge is -2.30. The number of nitrogen functional groups attached to an aromatic ring is 1. The Labute approximate surface area is 130 Å². The number of hydrogen-bond donors (Lipinski definition) is 3. The third kappa shape index (κ3) is 4.88. The van der Waals surface area contributed by atoms with Crippen LogP contribution in [0.1, 0.15) is 19.3 Å². The normalized spacial score (nSPS) is 16.9. The van der Waals surface area contributed by atoms with Gasteiger partial charge in [0.15, 0.2) is 0 Å². The summed E-state index contributed by atoms with van der Waals surface area (Å²) in [6, 6.07) is 5.02. The molecule has 0 aromatic heterocycles. The number of likely N-dealkylation sites (tertiary alicyclic amines) is 1. The molecule has 1 aromatic rings. The van der Waals surface area contributed by atoms with Crippen LogP contribution in [0.25, 0.3) is 0 Å². The van der Waals surface area contributed by atoms with Crippen LogP contribution < -0.4 is 11.1 Å². The van der Waals surface area contributed by atoms with Gasteiger partial charge >= 0.3 is 0 Å². The Bertz CT molecular complexity index is 488. The van der Waals surface area contributed by atoms with Crippen molar-refractivity contribution in [2.24, 2.45) is 5.92 Å². The number of carbonyl (C=O) groups is 1. The van der Waals surface area contributed by atoms with Crippen molar-refractivity contribution in [1.29, 1.82) is 0 Å². The van der Waals surface area contributed by atoms with Crippen molar-refractivity contribution >= 4 is 28.9 Å². The Morgan fingerprint density at radius 1 is 1.43 bits per heavy atom. The van der Waals surface area contributed by atoms with Gasteiger partial charge in [-0.1, -0.05) is 11.6 Å². The summed E-state index contributed by atoms with van der Waals surface area (Å²) in [5, 5.41) is 12.4. The molecule has 1 fully saturated rings. The monoisotopic (exact) mass is 311 g/mol. The maximum absolute atomic E-state index is 12.0. The number of aliphatic hydroxyl groups excluding tert-OH is 1. The number of anilines is 2. The highest BCUT2D eigenvalue weighted by Gasteiger charge is 2.18. The Morgan fingerprint density at radius 2 is 2.14 bits per heavy atom.